The van der Waals surface area contributed by atoms with Crippen molar-refractivity contribution in [3.63, 3.8) is 0 Å². The highest BCUT2D eigenvalue weighted by Crippen LogP contribution is 2.33. The fourth-order valence-corrected chi connectivity index (χ4v) is 5.87. The average Bonchev–Trinajstić information content (AvgIpc) is 3.22. The zero-order valence-corrected chi connectivity index (χ0v) is 18.4. The van der Waals surface area contributed by atoms with Gasteiger partial charge in [0, 0.05) is 32.5 Å². The highest BCUT2D eigenvalue weighted by atomic mass is 32.2. The van der Waals surface area contributed by atoms with Crippen LogP contribution in [0.5, 0.6) is 0 Å². The third-order valence-corrected chi connectivity index (χ3v) is 8.13. The minimum atomic E-state index is -3.85. The fraction of sp³-hybridized carbons (Fsp3) is 0.591. The standard InChI is InChI=1S/C22H29FN2O5S/c23-20-7-6-18(16-19(20)21(26)24-11-8-17-4-2-1-3-5-17)31(27,28)25-12-9-22(10-13-25)29-14-15-30-22/h4,6-7,16H,1-3,5,8-15H2,(H,24,26). The SMILES string of the molecule is O=C(NCCC1=CCCCC1)c1cc(S(=O)(=O)N2CCC3(CC2)OCCO3)ccc1F. The van der Waals surface area contributed by atoms with Crippen LogP contribution < -0.4 is 5.32 Å². The molecule has 3 aliphatic rings. The first-order valence-corrected chi connectivity index (χ1v) is 12.4. The summed E-state index contributed by atoms with van der Waals surface area (Å²) in [5.74, 6) is -2.02. The number of nitrogens with one attached hydrogen (secondary N) is 1. The first-order valence-electron chi connectivity index (χ1n) is 10.9. The second-order valence-electron chi connectivity index (χ2n) is 8.27. The Morgan fingerprint density at radius 2 is 1.90 bits per heavy atom. The van der Waals surface area contributed by atoms with Crippen LogP contribution in [0, 0.1) is 5.82 Å². The van der Waals surface area contributed by atoms with Gasteiger partial charge in [-0.3, -0.25) is 4.79 Å². The van der Waals surface area contributed by atoms with Gasteiger partial charge in [0.2, 0.25) is 10.0 Å². The molecule has 1 N–H and O–H groups in total. The molecule has 1 aliphatic carbocycles. The molecule has 0 aromatic heterocycles. The lowest BCUT2D eigenvalue weighted by Gasteiger charge is -2.36. The second-order valence-corrected chi connectivity index (χ2v) is 10.2. The van der Waals surface area contributed by atoms with E-state index in [0.29, 0.717) is 32.6 Å². The maximum atomic E-state index is 14.3. The van der Waals surface area contributed by atoms with Gasteiger partial charge in [-0.2, -0.15) is 4.31 Å². The maximum Gasteiger partial charge on any atom is 0.254 e. The number of allylic oxidation sites excluding steroid dienone is 1. The molecule has 9 heteroatoms. The van der Waals surface area contributed by atoms with Gasteiger partial charge < -0.3 is 14.8 Å². The van der Waals surface area contributed by atoms with E-state index in [2.05, 4.69) is 11.4 Å². The summed E-state index contributed by atoms with van der Waals surface area (Å²) in [6, 6.07) is 3.38. The first-order chi connectivity index (χ1) is 14.9. The Hall–Kier alpha value is -1.81. The van der Waals surface area contributed by atoms with Gasteiger partial charge in [-0.15, -0.1) is 0 Å². The molecule has 0 atom stereocenters. The first kappa shape index (κ1) is 22.4. The minimum Gasteiger partial charge on any atom is -0.352 e. The molecule has 4 rings (SSSR count). The summed E-state index contributed by atoms with van der Waals surface area (Å²) in [7, 11) is -3.85. The van der Waals surface area contributed by atoms with E-state index >= 15 is 0 Å². The van der Waals surface area contributed by atoms with Crippen molar-refractivity contribution >= 4 is 15.9 Å². The fourth-order valence-electron chi connectivity index (χ4n) is 4.40. The Labute approximate surface area is 182 Å². The summed E-state index contributed by atoms with van der Waals surface area (Å²) in [6.07, 6.45) is 8.26. The van der Waals surface area contributed by atoms with Crippen molar-refractivity contribution in [3.8, 4) is 0 Å². The molecule has 0 unspecified atom stereocenters. The summed E-state index contributed by atoms with van der Waals surface area (Å²) in [6.45, 7) is 1.92. The van der Waals surface area contributed by atoms with E-state index in [9.17, 15) is 17.6 Å². The van der Waals surface area contributed by atoms with E-state index in [1.807, 2.05) is 0 Å². The van der Waals surface area contributed by atoms with Gasteiger partial charge in [0.05, 0.1) is 23.7 Å². The number of carbonyl (C=O) groups excluding carboxylic acids is 1. The Kier molecular flexibility index (Phi) is 6.76. The van der Waals surface area contributed by atoms with Crippen molar-refractivity contribution in [3.05, 3.63) is 41.2 Å². The molecule has 1 aromatic rings. The van der Waals surface area contributed by atoms with Crippen molar-refractivity contribution in [2.75, 3.05) is 32.8 Å². The largest absolute Gasteiger partial charge is 0.352 e. The third kappa shape index (κ3) is 5.00. The summed E-state index contributed by atoms with van der Waals surface area (Å²) in [5.41, 5.74) is 1.05. The number of piperidine rings is 1. The molecular formula is C22H29FN2O5S. The number of hydrogen-bond acceptors (Lipinski definition) is 5. The average molecular weight is 453 g/mol. The van der Waals surface area contributed by atoms with Gasteiger partial charge in [-0.25, -0.2) is 12.8 Å². The number of hydrogen-bond donors (Lipinski definition) is 1. The molecule has 1 aromatic carbocycles. The number of ether oxygens (including phenoxy) is 2. The molecule has 7 nitrogen and oxygen atoms in total. The van der Waals surface area contributed by atoms with Crippen LogP contribution in [0.25, 0.3) is 0 Å². The molecule has 170 valence electrons. The van der Waals surface area contributed by atoms with Gasteiger partial charge in [0.25, 0.3) is 5.91 Å². The van der Waals surface area contributed by atoms with E-state index in [4.69, 9.17) is 9.47 Å². The lowest BCUT2D eigenvalue weighted by molar-refractivity contribution is -0.179. The monoisotopic (exact) mass is 452 g/mol. The molecule has 1 spiro atoms. The molecule has 2 heterocycles. The van der Waals surface area contributed by atoms with Crippen molar-refractivity contribution in [2.24, 2.45) is 0 Å². The van der Waals surface area contributed by atoms with E-state index in [1.165, 1.54) is 22.4 Å². The molecule has 0 radical (unpaired) electrons. The van der Waals surface area contributed by atoms with Gasteiger partial charge in [0.15, 0.2) is 5.79 Å². The van der Waals surface area contributed by atoms with Gasteiger partial charge in [-0.1, -0.05) is 11.6 Å². The summed E-state index contributed by atoms with van der Waals surface area (Å²) < 4.78 is 53.1. The lowest BCUT2D eigenvalue weighted by Crippen LogP contribution is -2.47. The van der Waals surface area contributed by atoms with Gasteiger partial charge in [-0.05, 0) is 50.3 Å². The van der Waals surface area contributed by atoms with E-state index < -0.39 is 27.5 Å². The third-order valence-electron chi connectivity index (χ3n) is 6.23. The normalized spacial score (nSPS) is 21.8. The van der Waals surface area contributed by atoms with Crippen molar-refractivity contribution < 1.29 is 27.1 Å². The zero-order valence-electron chi connectivity index (χ0n) is 17.6. The summed E-state index contributed by atoms with van der Waals surface area (Å²) in [4.78, 5) is 12.4. The zero-order chi connectivity index (χ0) is 21.9. The highest BCUT2D eigenvalue weighted by Gasteiger charge is 2.42. The lowest BCUT2D eigenvalue weighted by atomic mass is 9.97. The van der Waals surface area contributed by atoms with E-state index in [-0.39, 0.29) is 23.5 Å². The van der Waals surface area contributed by atoms with Crippen LogP contribution in [0.4, 0.5) is 4.39 Å². The predicted octanol–water partition coefficient (Wildman–Crippen LogP) is 2.97. The number of benzene rings is 1. The molecule has 1 amide bonds. The molecule has 2 fully saturated rings. The second kappa shape index (κ2) is 9.36. The number of nitrogens with zero attached hydrogens (tertiary/aromatic N) is 1. The van der Waals surface area contributed by atoms with Crippen LogP contribution in [0.3, 0.4) is 0 Å². The van der Waals surface area contributed by atoms with E-state index in [1.54, 1.807) is 0 Å². The Morgan fingerprint density at radius 1 is 1.16 bits per heavy atom. The van der Waals surface area contributed by atoms with Crippen LogP contribution in [-0.2, 0) is 19.5 Å². The van der Waals surface area contributed by atoms with Crippen molar-refractivity contribution in [1.82, 2.24) is 9.62 Å². The molecule has 31 heavy (non-hydrogen) atoms. The number of rotatable bonds is 6. The van der Waals surface area contributed by atoms with Gasteiger partial charge in [0.1, 0.15) is 5.82 Å². The Bertz CT molecular complexity index is 947. The predicted molar refractivity (Wildman–Crippen MR) is 113 cm³/mol. The van der Waals surface area contributed by atoms with Crippen molar-refractivity contribution in [2.45, 2.75) is 55.6 Å². The summed E-state index contributed by atoms with van der Waals surface area (Å²) >= 11 is 0. The minimum absolute atomic E-state index is 0.0850. The molecule has 0 saturated carbocycles. The van der Waals surface area contributed by atoms with Crippen LogP contribution in [-0.4, -0.2) is 57.3 Å². The number of amides is 1. The molecular weight excluding hydrogens is 423 g/mol. The quantitative estimate of drug-likeness (QED) is 0.671. The van der Waals surface area contributed by atoms with Crippen LogP contribution in [0.2, 0.25) is 0 Å². The topological polar surface area (TPSA) is 84.9 Å². The number of sulfonamides is 1. The smallest absolute Gasteiger partial charge is 0.254 e. The molecule has 0 bridgehead atoms. The van der Waals surface area contributed by atoms with Crippen LogP contribution in [0.1, 0.15) is 55.3 Å². The number of halogens is 1. The Morgan fingerprint density at radius 3 is 2.58 bits per heavy atom. The van der Waals surface area contributed by atoms with Crippen LogP contribution in [0.15, 0.2) is 34.7 Å². The van der Waals surface area contributed by atoms with E-state index in [0.717, 1.165) is 37.8 Å². The maximum absolute atomic E-state index is 14.3. The van der Waals surface area contributed by atoms with Crippen molar-refractivity contribution in [1.29, 1.82) is 0 Å². The van der Waals surface area contributed by atoms with Crippen LogP contribution >= 0.6 is 0 Å². The highest BCUT2D eigenvalue weighted by molar-refractivity contribution is 7.89. The number of carbonyl (C=O) groups is 1. The Balaban J connectivity index is 1.41. The molecule has 2 saturated heterocycles. The molecule has 2 aliphatic heterocycles. The van der Waals surface area contributed by atoms with Gasteiger partial charge >= 0.3 is 0 Å². The summed E-state index contributed by atoms with van der Waals surface area (Å²) in [5, 5.41) is 2.72.